The molecule has 0 saturated heterocycles. The monoisotopic (exact) mass is 741 g/mol. The summed E-state index contributed by atoms with van der Waals surface area (Å²) in [5.41, 5.74) is 0. The molecule has 0 aliphatic heterocycles. The van der Waals surface area contributed by atoms with Crippen molar-refractivity contribution in [3.63, 3.8) is 0 Å². The molecule has 51 heavy (non-hydrogen) atoms. The molecular formula is C31H55N3O17. The Morgan fingerprint density at radius 1 is 0.569 bits per heavy atom. The smallest absolute Gasteiger partial charge is 0.358 e. The maximum absolute atomic E-state index is 12.2. The Morgan fingerprint density at radius 2 is 0.961 bits per heavy atom. The summed E-state index contributed by atoms with van der Waals surface area (Å²) in [7, 11) is 3.17. The fraction of sp³-hybridized carbons (Fsp3) is 0.774. The molecule has 0 aliphatic carbocycles. The van der Waals surface area contributed by atoms with Crippen molar-refractivity contribution >= 4 is 17.8 Å². The van der Waals surface area contributed by atoms with Crippen LogP contribution in [0.25, 0.3) is 0 Å². The lowest BCUT2D eigenvalue weighted by Crippen LogP contribution is -2.33. The number of carbonyl (C=O) groups excluding carboxylic acids is 3. The van der Waals surface area contributed by atoms with E-state index in [9.17, 15) is 24.6 Å². The van der Waals surface area contributed by atoms with Gasteiger partial charge < -0.3 is 77.8 Å². The van der Waals surface area contributed by atoms with Gasteiger partial charge in [0.25, 0.3) is 0 Å². The standard InChI is InChI=1S/C31H55N3O17/c1-40-9-11-44-15-19-48-23-27(35)32-5-7-42-13-17-46-21-26(50-25-31(39)51-34-29(37)3-4-30(34)38)22-47-18-14-43-8-6-33-28(36)24-49-20-16-45-12-10-41-2/h3-4,26,37-38H,5-25H2,1-2H3,(H,32,35)(H,33,36). The number of nitrogens with one attached hydrogen (secondary N) is 2. The van der Waals surface area contributed by atoms with Gasteiger partial charge in [0, 0.05) is 39.4 Å². The molecule has 0 aromatic carbocycles. The second-order valence-electron chi connectivity index (χ2n) is 10.1. The lowest BCUT2D eigenvalue weighted by atomic mass is 10.4. The number of amides is 2. The van der Waals surface area contributed by atoms with Gasteiger partial charge in [-0.05, 0) is 0 Å². The van der Waals surface area contributed by atoms with Crippen LogP contribution in [0.2, 0.25) is 0 Å². The van der Waals surface area contributed by atoms with E-state index in [1.54, 1.807) is 14.2 Å². The zero-order valence-electron chi connectivity index (χ0n) is 29.5. The van der Waals surface area contributed by atoms with Crippen molar-refractivity contribution in [2.75, 3.05) is 153 Å². The Hall–Kier alpha value is -3.15. The number of aromatic nitrogens is 1. The molecule has 1 heterocycles. The summed E-state index contributed by atoms with van der Waals surface area (Å²) in [5.74, 6) is -2.38. The van der Waals surface area contributed by atoms with Crippen molar-refractivity contribution in [3.05, 3.63) is 12.1 Å². The van der Waals surface area contributed by atoms with Crippen LogP contribution in [0.4, 0.5) is 0 Å². The SMILES string of the molecule is COCCOCCOCC(=O)NCCOCCOCC(COCCOCCNC(=O)COCCOCCOC)OCC(=O)On1c(O)ccc1O. The number of ether oxygens (including phenoxy) is 11. The summed E-state index contributed by atoms with van der Waals surface area (Å²) in [6.45, 7) is 4.52. The maximum Gasteiger partial charge on any atom is 0.358 e. The van der Waals surface area contributed by atoms with Crippen LogP contribution < -0.4 is 15.5 Å². The number of nitrogens with zero attached hydrogens (tertiary/aromatic N) is 1. The summed E-state index contributed by atoms with van der Waals surface area (Å²) in [6, 6.07) is 2.30. The Bertz CT molecular complexity index is 951. The summed E-state index contributed by atoms with van der Waals surface area (Å²) in [6.07, 6.45) is -0.696. The average molecular weight is 742 g/mol. The highest BCUT2D eigenvalue weighted by molar-refractivity contribution is 5.77. The highest BCUT2D eigenvalue weighted by Crippen LogP contribution is 2.18. The van der Waals surface area contributed by atoms with E-state index in [4.69, 9.17) is 56.9 Å². The molecule has 0 unspecified atom stereocenters. The van der Waals surface area contributed by atoms with E-state index in [0.717, 1.165) is 12.1 Å². The third-order valence-corrected chi connectivity index (χ3v) is 5.99. The Labute approximate surface area is 297 Å². The quantitative estimate of drug-likeness (QED) is 0.0540. The second-order valence-corrected chi connectivity index (χ2v) is 10.1. The van der Waals surface area contributed by atoms with E-state index in [2.05, 4.69) is 10.6 Å². The van der Waals surface area contributed by atoms with Crippen molar-refractivity contribution in [2.45, 2.75) is 6.10 Å². The predicted molar refractivity (Wildman–Crippen MR) is 175 cm³/mol. The van der Waals surface area contributed by atoms with Crippen LogP contribution in [0.15, 0.2) is 12.1 Å². The lowest BCUT2D eigenvalue weighted by Gasteiger charge is -2.18. The van der Waals surface area contributed by atoms with Gasteiger partial charge in [-0.2, -0.15) is 0 Å². The Balaban J connectivity index is 2.22. The van der Waals surface area contributed by atoms with E-state index in [1.165, 1.54) is 0 Å². The van der Waals surface area contributed by atoms with Gasteiger partial charge in [0.05, 0.1) is 106 Å². The number of methoxy groups -OCH3 is 2. The average Bonchev–Trinajstić information content (AvgIpc) is 3.43. The number of hydrogen-bond acceptors (Lipinski definition) is 17. The molecule has 1 aromatic heterocycles. The fourth-order valence-electron chi connectivity index (χ4n) is 3.50. The molecular weight excluding hydrogens is 686 g/mol. The van der Waals surface area contributed by atoms with Gasteiger partial charge in [-0.3, -0.25) is 9.59 Å². The molecule has 0 atom stereocenters. The van der Waals surface area contributed by atoms with Gasteiger partial charge in [0.2, 0.25) is 23.6 Å². The van der Waals surface area contributed by atoms with Crippen LogP contribution in [-0.2, 0) is 66.5 Å². The molecule has 1 rings (SSSR count). The van der Waals surface area contributed by atoms with E-state index in [-0.39, 0.29) is 91.0 Å². The first-order chi connectivity index (χ1) is 24.9. The largest absolute Gasteiger partial charge is 0.492 e. The molecule has 0 radical (unpaired) electrons. The molecule has 0 fully saturated rings. The Kier molecular flexibility index (Phi) is 29.4. The normalized spacial score (nSPS) is 11.3. The van der Waals surface area contributed by atoms with Crippen molar-refractivity contribution in [2.24, 2.45) is 0 Å². The molecule has 20 heteroatoms. The zero-order chi connectivity index (χ0) is 37.2. The highest BCUT2D eigenvalue weighted by atomic mass is 16.7. The summed E-state index contributed by atoms with van der Waals surface area (Å²) in [5, 5.41) is 24.7. The lowest BCUT2D eigenvalue weighted by molar-refractivity contribution is -0.156. The topological polar surface area (TPSA) is 231 Å². The summed E-state index contributed by atoms with van der Waals surface area (Å²) in [4.78, 5) is 40.7. The summed E-state index contributed by atoms with van der Waals surface area (Å²) >= 11 is 0. The molecule has 1 aromatic rings. The van der Waals surface area contributed by atoms with Crippen molar-refractivity contribution < 1.29 is 81.5 Å². The number of hydrogen-bond donors (Lipinski definition) is 4. The number of rotatable bonds is 36. The minimum absolute atomic E-state index is 0.0359. The third-order valence-electron chi connectivity index (χ3n) is 5.99. The molecule has 2 amide bonds. The van der Waals surface area contributed by atoms with Crippen LogP contribution in [0.5, 0.6) is 11.8 Å². The molecule has 20 nitrogen and oxygen atoms in total. The van der Waals surface area contributed by atoms with Crippen LogP contribution in [-0.4, -0.2) is 192 Å². The van der Waals surface area contributed by atoms with Crippen molar-refractivity contribution in [3.8, 4) is 11.8 Å². The predicted octanol–water partition coefficient (Wildman–Crippen LogP) is -2.10. The van der Waals surface area contributed by atoms with Crippen LogP contribution in [0.3, 0.4) is 0 Å². The fourth-order valence-corrected chi connectivity index (χ4v) is 3.50. The zero-order valence-corrected chi connectivity index (χ0v) is 29.5. The minimum Gasteiger partial charge on any atom is -0.492 e. The first-order valence-corrected chi connectivity index (χ1v) is 16.4. The van der Waals surface area contributed by atoms with Gasteiger partial charge in [0.15, 0.2) is 0 Å². The van der Waals surface area contributed by atoms with Crippen molar-refractivity contribution in [1.29, 1.82) is 0 Å². The van der Waals surface area contributed by atoms with E-state index >= 15 is 0 Å². The minimum atomic E-state index is -0.890. The third kappa shape index (κ3) is 27.2. The Morgan fingerprint density at radius 3 is 1.41 bits per heavy atom. The summed E-state index contributed by atoms with van der Waals surface area (Å²) < 4.78 is 58.9. The molecule has 0 spiro atoms. The van der Waals surface area contributed by atoms with Gasteiger partial charge in [0.1, 0.15) is 25.9 Å². The van der Waals surface area contributed by atoms with Gasteiger partial charge in [-0.25, -0.2) is 4.79 Å². The van der Waals surface area contributed by atoms with E-state index in [0.29, 0.717) is 57.6 Å². The number of aromatic hydroxyl groups is 2. The van der Waals surface area contributed by atoms with Gasteiger partial charge >= 0.3 is 5.97 Å². The van der Waals surface area contributed by atoms with E-state index in [1.807, 2.05) is 0 Å². The van der Waals surface area contributed by atoms with Crippen molar-refractivity contribution in [1.82, 2.24) is 15.4 Å². The molecule has 0 saturated carbocycles. The molecule has 0 bridgehead atoms. The van der Waals surface area contributed by atoms with Crippen LogP contribution >= 0.6 is 0 Å². The second kappa shape index (κ2) is 32.7. The molecule has 4 N–H and O–H groups in total. The van der Waals surface area contributed by atoms with Crippen LogP contribution in [0, 0.1) is 0 Å². The maximum atomic E-state index is 12.2. The van der Waals surface area contributed by atoms with Gasteiger partial charge in [-0.15, -0.1) is 4.73 Å². The number of carbonyl (C=O) groups is 3. The highest BCUT2D eigenvalue weighted by Gasteiger charge is 2.17. The first kappa shape index (κ1) is 45.9. The molecule has 0 aliphatic rings. The van der Waals surface area contributed by atoms with Gasteiger partial charge in [-0.1, -0.05) is 0 Å². The van der Waals surface area contributed by atoms with Crippen LogP contribution in [0.1, 0.15) is 0 Å². The molecule has 296 valence electrons. The van der Waals surface area contributed by atoms with E-state index < -0.39 is 30.4 Å². The first-order valence-electron chi connectivity index (χ1n) is 16.4.